The molecule has 0 amide bonds. The summed E-state index contributed by atoms with van der Waals surface area (Å²) in [6.45, 7) is 15.9. The number of carbonyl (C=O) groups excluding carboxylic acids is 4. The zero-order valence-electron chi connectivity index (χ0n) is 16.9. The normalized spacial score (nSPS) is 8.32. The molecular weight excluding hydrogens is 386 g/mol. The van der Waals surface area contributed by atoms with Gasteiger partial charge in [0.05, 0.1) is 25.2 Å². The number of ether oxygens (including phenoxy) is 3. The van der Waals surface area contributed by atoms with Gasteiger partial charge < -0.3 is 14.2 Å². The lowest BCUT2D eigenvalue weighted by Gasteiger charge is -2.00. The van der Waals surface area contributed by atoms with Crippen molar-refractivity contribution in [1.29, 1.82) is 0 Å². The van der Waals surface area contributed by atoms with Crippen LogP contribution in [0.3, 0.4) is 0 Å². The van der Waals surface area contributed by atoms with Gasteiger partial charge in [0.2, 0.25) is 6.08 Å². The van der Waals surface area contributed by atoms with Gasteiger partial charge in [-0.25, -0.2) is 24.2 Å². The Morgan fingerprint density at radius 2 is 1.46 bits per heavy atom. The van der Waals surface area contributed by atoms with E-state index in [0.29, 0.717) is 17.8 Å². The molecular formula is C19H29NO7S. The summed E-state index contributed by atoms with van der Waals surface area (Å²) in [6, 6.07) is 0. The molecule has 8 nitrogen and oxygen atoms in total. The van der Waals surface area contributed by atoms with Crippen LogP contribution in [0.25, 0.3) is 0 Å². The van der Waals surface area contributed by atoms with Gasteiger partial charge in [-0.1, -0.05) is 33.1 Å². The average Bonchev–Trinajstić information content (AvgIpc) is 2.65. The van der Waals surface area contributed by atoms with Gasteiger partial charge in [0.25, 0.3) is 0 Å². The standard InChI is InChI=1S/C7H9NO3.C7H12O2S.C5H8O2/c1-6(2)7(10)11-4-3-8-5-9;1-3-4-5-9-7(8)6(2)10;1-4(2)5(6)7-3/h1,3-4H2,2H3;10H,2-5H2,1H3;1H2,2-3H3. The molecule has 0 rings (SSSR count). The summed E-state index contributed by atoms with van der Waals surface area (Å²) >= 11 is 3.73. The van der Waals surface area contributed by atoms with Crippen LogP contribution in [0.15, 0.2) is 40.8 Å². The fourth-order valence-electron chi connectivity index (χ4n) is 0.920. The number of unbranched alkanes of at least 4 members (excludes halogenated alkanes) is 1. The number of nitrogens with zero attached hydrogens (tertiary/aromatic N) is 1. The Balaban J connectivity index is -0.000000343. The van der Waals surface area contributed by atoms with Crippen molar-refractivity contribution in [2.45, 2.75) is 33.6 Å². The molecule has 0 unspecified atom stereocenters. The Hall–Kier alpha value is -2.64. The zero-order valence-corrected chi connectivity index (χ0v) is 17.8. The molecule has 158 valence electrons. The van der Waals surface area contributed by atoms with Gasteiger partial charge in [-0.15, -0.1) is 12.6 Å². The van der Waals surface area contributed by atoms with E-state index in [4.69, 9.17) is 4.74 Å². The highest BCUT2D eigenvalue weighted by Crippen LogP contribution is 1.99. The van der Waals surface area contributed by atoms with Crippen molar-refractivity contribution >= 4 is 36.6 Å². The molecule has 0 spiro atoms. The van der Waals surface area contributed by atoms with Crippen LogP contribution in [-0.4, -0.2) is 50.9 Å². The van der Waals surface area contributed by atoms with Gasteiger partial charge in [-0.2, -0.15) is 0 Å². The zero-order chi connectivity index (χ0) is 22.5. The van der Waals surface area contributed by atoms with Crippen LogP contribution in [0.2, 0.25) is 0 Å². The van der Waals surface area contributed by atoms with Gasteiger partial charge in [-0.05, 0) is 20.3 Å². The molecule has 0 aromatic heterocycles. The van der Waals surface area contributed by atoms with Crippen LogP contribution in [0.1, 0.15) is 33.6 Å². The third-order valence-electron chi connectivity index (χ3n) is 2.35. The molecule has 0 aliphatic rings. The molecule has 0 aliphatic heterocycles. The number of methoxy groups -OCH3 is 1. The Bertz CT molecular complexity index is 593. The summed E-state index contributed by atoms with van der Waals surface area (Å²) in [7, 11) is 1.33. The molecule has 0 aromatic rings. The molecule has 0 aromatic carbocycles. The summed E-state index contributed by atoms with van der Waals surface area (Å²) in [6.07, 6.45) is 3.25. The third kappa shape index (κ3) is 23.4. The maximum absolute atomic E-state index is 10.6. The molecule has 0 N–H and O–H groups in total. The molecule has 0 radical (unpaired) electrons. The van der Waals surface area contributed by atoms with Crippen LogP contribution >= 0.6 is 12.6 Å². The van der Waals surface area contributed by atoms with Crippen molar-refractivity contribution in [1.82, 2.24) is 0 Å². The predicted molar refractivity (Wildman–Crippen MR) is 110 cm³/mol. The summed E-state index contributed by atoms with van der Waals surface area (Å²) in [5, 5.41) is 0. The summed E-state index contributed by atoms with van der Waals surface area (Å²) in [5.41, 5.74) is 0.766. The predicted octanol–water partition coefficient (Wildman–Crippen LogP) is 2.95. The molecule has 0 aliphatic carbocycles. The van der Waals surface area contributed by atoms with E-state index in [1.807, 2.05) is 6.92 Å². The topological polar surface area (TPSA) is 108 Å². The summed E-state index contributed by atoms with van der Waals surface area (Å²) < 4.78 is 13.6. The number of rotatable bonds is 9. The van der Waals surface area contributed by atoms with Gasteiger partial charge in [-0.3, -0.25) is 0 Å². The van der Waals surface area contributed by atoms with Crippen molar-refractivity contribution < 1.29 is 33.4 Å². The fraction of sp³-hybridized carbons (Fsp3) is 0.474. The van der Waals surface area contributed by atoms with Crippen LogP contribution in [0.5, 0.6) is 0 Å². The minimum atomic E-state index is -0.467. The van der Waals surface area contributed by atoms with E-state index in [1.165, 1.54) is 13.2 Å². The molecule has 0 saturated heterocycles. The largest absolute Gasteiger partial charge is 0.466 e. The minimum absolute atomic E-state index is 0.0981. The highest BCUT2D eigenvalue weighted by molar-refractivity contribution is 7.85. The van der Waals surface area contributed by atoms with Crippen molar-refractivity contribution in [3.05, 3.63) is 35.8 Å². The lowest BCUT2D eigenvalue weighted by atomic mass is 10.4. The van der Waals surface area contributed by atoms with Crippen LogP contribution in [0, 0.1) is 0 Å². The number of hydrogen-bond donors (Lipinski definition) is 1. The molecule has 0 fully saturated rings. The van der Waals surface area contributed by atoms with E-state index in [1.54, 1.807) is 13.8 Å². The first-order chi connectivity index (χ1) is 13.0. The van der Waals surface area contributed by atoms with E-state index in [2.05, 4.69) is 46.8 Å². The van der Waals surface area contributed by atoms with Crippen molar-refractivity contribution in [3.8, 4) is 0 Å². The van der Waals surface area contributed by atoms with Gasteiger partial charge in [0, 0.05) is 11.1 Å². The summed E-state index contributed by atoms with van der Waals surface area (Å²) in [5.74, 6) is -1.23. The first-order valence-corrected chi connectivity index (χ1v) is 8.64. The van der Waals surface area contributed by atoms with E-state index in [9.17, 15) is 19.2 Å². The lowest BCUT2D eigenvalue weighted by molar-refractivity contribution is -0.139. The molecule has 9 heteroatoms. The molecule has 0 saturated carbocycles. The van der Waals surface area contributed by atoms with Gasteiger partial charge >= 0.3 is 17.9 Å². The average molecular weight is 416 g/mol. The minimum Gasteiger partial charge on any atom is -0.466 e. The second kappa shape index (κ2) is 20.7. The maximum Gasteiger partial charge on any atom is 0.343 e. The van der Waals surface area contributed by atoms with Crippen LogP contribution < -0.4 is 0 Å². The van der Waals surface area contributed by atoms with Crippen molar-refractivity contribution in [2.75, 3.05) is 26.9 Å². The van der Waals surface area contributed by atoms with Crippen LogP contribution in [-0.2, 0) is 33.4 Å². The van der Waals surface area contributed by atoms with Crippen molar-refractivity contribution in [3.63, 3.8) is 0 Å². The van der Waals surface area contributed by atoms with Gasteiger partial charge in [0.15, 0.2) is 0 Å². The first-order valence-electron chi connectivity index (χ1n) is 8.20. The highest BCUT2D eigenvalue weighted by Gasteiger charge is 2.01. The molecule has 0 heterocycles. The Labute approximate surface area is 171 Å². The number of isocyanates is 1. The Morgan fingerprint density at radius 3 is 1.79 bits per heavy atom. The van der Waals surface area contributed by atoms with E-state index in [0.717, 1.165) is 12.8 Å². The monoisotopic (exact) mass is 415 g/mol. The lowest BCUT2D eigenvalue weighted by Crippen LogP contribution is -2.07. The number of thiol groups is 1. The molecule has 0 bridgehead atoms. The number of hydrogen-bond acceptors (Lipinski definition) is 9. The van der Waals surface area contributed by atoms with E-state index in [-0.39, 0.29) is 24.0 Å². The number of aliphatic imine (C=N–C) groups is 1. The summed E-state index contributed by atoms with van der Waals surface area (Å²) in [4.78, 5) is 44.3. The second-order valence-corrected chi connectivity index (χ2v) is 5.64. The first kappa shape index (κ1) is 30.1. The molecule has 0 atom stereocenters. The highest BCUT2D eigenvalue weighted by atomic mass is 32.1. The third-order valence-corrected chi connectivity index (χ3v) is 2.53. The van der Waals surface area contributed by atoms with E-state index < -0.39 is 11.9 Å². The quantitative estimate of drug-likeness (QED) is 0.117. The van der Waals surface area contributed by atoms with Crippen LogP contribution in [0.4, 0.5) is 0 Å². The second-order valence-electron chi connectivity index (χ2n) is 5.10. The van der Waals surface area contributed by atoms with E-state index >= 15 is 0 Å². The number of carbonyl (C=O) groups is 3. The smallest absolute Gasteiger partial charge is 0.343 e. The maximum atomic E-state index is 10.6. The number of esters is 3. The van der Waals surface area contributed by atoms with Gasteiger partial charge in [0.1, 0.15) is 6.61 Å². The fourth-order valence-corrected chi connectivity index (χ4v) is 0.984. The molecule has 28 heavy (non-hydrogen) atoms. The Morgan fingerprint density at radius 1 is 0.964 bits per heavy atom. The Kier molecular flexibility index (Phi) is 22.2. The SMILES string of the molecule is C=C(C)C(=O)OC.C=C(C)C(=O)OCCN=C=O.C=C(S)C(=O)OCCCC. The van der Waals surface area contributed by atoms with Crippen molar-refractivity contribution in [2.24, 2.45) is 4.99 Å².